The monoisotopic (exact) mass is 268 g/mol. The molecule has 0 amide bonds. The third-order valence-corrected chi connectivity index (χ3v) is 4.52. The van der Waals surface area contributed by atoms with Gasteiger partial charge in [-0.1, -0.05) is 18.2 Å². The molecule has 2 nitrogen and oxygen atoms in total. The first-order valence-electron chi connectivity index (χ1n) is 6.31. The van der Waals surface area contributed by atoms with Crippen molar-refractivity contribution < 1.29 is 0 Å². The van der Waals surface area contributed by atoms with Gasteiger partial charge < -0.3 is 5.73 Å². The molecule has 0 bridgehead atoms. The van der Waals surface area contributed by atoms with Gasteiger partial charge in [0.15, 0.2) is 0 Å². The van der Waals surface area contributed by atoms with Crippen LogP contribution in [0.3, 0.4) is 0 Å². The van der Waals surface area contributed by atoms with E-state index >= 15 is 0 Å². The van der Waals surface area contributed by atoms with E-state index in [4.69, 9.17) is 5.73 Å². The number of nitrogens with two attached hydrogens (primary N) is 1. The molecular formula is C16H16N2S. The van der Waals surface area contributed by atoms with Crippen LogP contribution in [0.25, 0.3) is 10.2 Å². The lowest BCUT2D eigenvalue weighted by molar-refractivity contribution is 0.855. The maximum absolute atomic E-state index is 6.41. The number of aryl methyl sites for hydroxylation is 1. The summed E-state index contributed by atoms with van der Waals surface area (Å²) >= 11 is 1.70. The van der Waals surface area contributed by atoms with Crippen LogP contribution in [0.4, 0.5) is 0 Å². The molecule has 2 N–H and O–H groups in total. The van der Waals surface area contributed by atoms with Gasteiger partial charge in [0.1, 0.15) is 0 Å². The topological polar surface area (TPSA) is 38.9 Å². The summed E-state index contributed by atoms with van der Waals surface area (Å²) in [7, 11) is 0. The number of rotatable bonds is 2. The van der Waals surface area contributed by atoms with Crippen LogP contribution in [0.2, 0.25) is 0 Å². The predicted octanol–water partition coefficient (Wildman–Crippen LogP) is 3.96. The highest BCUT2D eigenvalue weighted by Gasteiger charge is 2.13. The van der Waals surface area contributed by atoms with Crippen molar-refractivity contribution in [2.24, 2.45) is 5.73 Å². The van der Waals surface area contributed by atoms with Gasteiger partial charge in [0.05, 0.1) is 16.3 Å². The number of thiophene rings is 1. The van der Waals surface area contributed by atoms with Gasteiger partial charge in [-0.2, -0.15) is 0 Å². The van der Waals surface area contributed by atoms with Crippen molar-refractivity contribution in [1.29, 1.82) is 0 Å². The van der Waals surface area contributed by atoms with Crippen molar-refractivity contribution in [3.05, 3.63) is 64.2 Å². The standard InChI is InChI=1S/C16H16N2S/c1-10-4-3-5-13(11(10)2)16(17)12-8-15-14(18-9-12)6-7-19-15/h3-9,16H,17H2,1-2H3. The number of nitrogens with zero attached hydrogens (tertiary/aromatic N) is 1. The van der Waals surface area contributed by atoms with Gasteiger partial charge >= 0.3 is 0 Å². The zero-order valence-electron chi connectivity index (χ0n) is 11.1. The van der Waals surface area contributed by atoms with Crippen LogP contribution in [-0.4, -0.2) is 4.98 Å². The molecular weight excluding hydrogens is 252 g/mol. The minimum atomic E-state index is -0.112. The van der Waals surface area contributed by atoms with Crippen molar-refractivity contribution in [1.82, 2.24) is 4.98 Å². The third kappa shape index (κ3) is 2.15. The second kappa shape index (κ2) is 4.76. The Morgan fingerprint density at radius 1 is 1.21 bits per heavy atom. The van der Waals surface area contributed by atoms with Crippen LogP contribution in [-0.2, 0) is 0 Å². The SMILES string of the molecule is Cc1cccc(C(N)c2cnc3ccsc3c2)c1C. The normalized spacial score (nSPS) is 12.8. The highest BCUT2D eigenvalue weighted by molar-refractivity contribution is 7.17. The summed E-state index contributed by atoms with van der Waals surface area (Å²) in [6.45, 7) is 4.24. The Hall–Kier alpha value is -1.71. The molecule has 0 saturated carbocycles. The number of hydrogen-bond acceptors (Lipinski definition) is 3. The fourth-order valence-electron chi connectivity index (χ4n) is 2.32. The van der Waals surface area contributed by atoms with E-state index in [2.05, 4.69) is 48.5 Å². The summed E-state index contributed by atoms with van der Waals surface area (Å²) < 4.78 is 1.19. The lowest BCUT2D eigenvalue weighted by Crippen LogP contribution is -2.14. The molecule has 96 valence electrons. The van der Waals surface area contributed by atoms with Gasteiger partial charge in [-0.05, 0) is 53.6 Å². The Bertz CT molecular complexity index is 730. The second-order valence-electron chi connectivity index (χ2n) is 4.84. The summed E-state index contributed by atoms with van der Waals surface area (Å²) in [6, 6.07) is 10.4. The fraction of sp³-hybridized carbons (Fsp3) is 0.188. The van der Waals surface area contributed by atoms with Crippen molar-refractivity contribution >= 4 is 21.6 Å². The highest BCUT2D eigenvalue weighted by Crippen LogP contribution is 2.27. The van der Waals surface area contributed by atoms with E-state index in [0.29, 0.717) is 0 Å². The third-order valence-electron chi connectivity index (χ3n) is 3.66. The lowest BCUT2D eigenvalue weighted by Gasteiger charge is -2.16. The minimum absolute atomic E-state index is 0.112. The summed E-state index contributed by atoms with van der Waals surface area (Å²) in [5.74, 6) is 0. The first-order valence-corrected chi connectivity index (χ1v) is 7.19. The summed E-state index contributed by atoms with van der Waals surface area (Å²) in [4.78, 5) is 4.47. The van der Waals surface area contributed by atoms with Gasteiger partial charge in [0.2, 0.25) is 0 Å². The van der Waals surface area contributed by atoms with E-state index in [9.17, 15) is 0 Å². The second-order valence-corrected chi connectivity index (χ2v) is 5.79. The molecule has 1 unspecified atom stereocenters. The van der Waals surface area contributed by atoms with Crippen LogP contribution in [0.1, 0.15) is 28.3 Å². The van der Waals surface area contributed by atoms with Crippen molar-refractivity contribution in [3.63, 3.8) is 0 Å². The maximum atomic E-state index is 6.41. The minimum Gasteiger partial charge on any atom is -0.320 e. The number of aromatic nitrogens is 1. The average molecular weight is 268 g/mol. The molecule has 3 aromatic rings. The van der Waals surface area contributed by atoms with E-state index < -0.39 is 0 Å². The molecule has 0 saturated heterocycles. The van der Waals surface area contributed by atoms with E-state index in [1.807, 2.05) is 12.3 Å². The smallest absolute Gasteiger partial charge is 0.0809 e. The molecule has 1 atom stereocenters. The first kappa shape index (κ1) is 12.3. The lowest BCUT2D eigenvalue weighted by atomic mass is 9.94. The Morgan fingerprint density at radius 2 is 2.05 bits per heavy atom. The van der Waals surface area contributed by atoms with Crippen molar-refractivity contribution in [3.8, 4) is 0 Å². The zero-order chi connectivity index (χ0) is 13.4. The molecule has 0 spiro atoms. The summed E-state index contributed by atoms with van der Waals surface area (Å²) in [6.07, 6.45) is 1.89. The molecule has 0 aliphatic carbocycles. The Kier molecular flexibility index (Phi) is 3.09. The van der Waals surface area contributed by atoms with Crippen LogP contribution in [0.15, 0.2) is 41.9 Å². The van der Waals surface area contributed by atoms with Gasteiger partial charge in [-0.15, -0.1) is 11.3 Å². The molecule has 2 heterocycles. The van der Waals surface area contributed by atoms with E-state index in [1.54, 1.807) is 11.3 Å². The molecule has 0 fully saturated rings. The number of benzene rings is 1. The molecule has 0 radical (unpaired) electrons. The molecule has 0 aliphatic heterocycles. The summed E-state index contributed by atoms with van der Waals surface area (Å²) in [5.41, 5.74) is 12.2. The van der Waals surface area contributed by atoms with Crippen LogP contribution in [0.5, 0.6) is 0 Å². The quantitative estimate of drug-likeness (QED) is 0.764. The Balaban J connectivity index is 2.07. The number of hydrogen-bond donors (Lipinski definition) is 1. The Labute approximate surface area is 116 Å². The van der Waals surface area contributed by atoms with Gasteiger partial charge in [-0.3, -0.25) is 4.98 Å². The molecule has 19 heavy (non-hydrogen) atoms. The van der Waals surface area contributed by atoms with Crippen LogP contribution >= 0.6 is 11.3 Å². The zero-order valence-corrected chi connectivity index (χ0v) is 11.9. The molecule has 3 rings (SSSR count). The number of pyridine rings is 1. The highest BCUT2D eigenvalue weighted by atomic mass is 32.1. The van der Waals surface area contributed by atoms with Crippen molar-refractivity contribution in [2.45, 2.75) is 19.9 Å². The fourth-order valence-corrected chi connectivity index (χ4v) is 3.11. The largest absolute Gasteiger partial charge is 0.320 e. The molecule has 1 aromatic carbocycles. The maximum Gasteiger partial charge on any atom is 0.0809 e. The van der Waals surface area contributed by atoms with Crippen molar-refractivity contribution in [2.75, 3.05) is 0 Å². The van der Waals surface area contributed by atoms with Gasteiger partial charge in [-0.25, -0.2) is 0 Å². The van der Waals surface area contributed by atoms with E-state index in [0.717, 1.165) is 11.1 Å². The molecule has 0 aliphatic rings. The molecule has 3 heteroatoms. The Morgan fingerprint density at radius 3 is 2.89 bits per heavy atom. The first-order chi connectivity index (χ1) is 9.16. The summed E-state index contributed by atoms with van der Waals surface area (Å²) in [5, 5.41) is 2.06. The average Bonchev–Trinajstić information content (AvgIpc) is 2.88. The van der Waals surface area contributed by atoms with Crippen LogP contribution < -0.4 is 5.73 Å². The predicted molar refractivity (Wildman–Crippen MR) is 81.6 cm³/mol. The van der Waals surface area contributed by atoms with Crippen LogP contribution in [0, 0.1) is 13.8 Å². The number of fused-ring (bicyclic) bond motifs is 1. The van der Waals surface area contributed by atoms with E-state index in [1.165, 1.54) is 21.4 Å². The molecule has 2 aromatic heterocycles. The van der Waals surface area contributed by atoms with Gasteiger partial charge in [0.25, 0.3) is 0 Å². The van der Waals surface area contributed by atoms with Gasteiger partial charge in [0, 0.05) is 6.20 Å². The van der Waals surface area contributed by atoms with E-state index in [-0.39, 0.29) is 6.04 Å².